The van der Waals surface area contributed by atoms with Crippen molar-refractivity contribution in [1.82, 2.24) is 0 Å². The van der Waals surface area contributed by atoms with Crippen LogP contribution in [-0.4, -0.2) is 80.3 Å². The summed E-state index contributed by atoms with van der Waals surface area (Å²) < 4.78 is 36.3. The van der Waals surface area contributed by atoms with Crippen molar-refractivity contribution in [1.29, 1.82) is 0 Å². The number of benzene rings is 6. The normalized spacial score (nSPS) is 17.5. The Morgan fingerprint density at radius 3 is 1.32 bits per heavy atom. The number of carbonyl (C=O) groups is 1. The van der Waals surface area contributed by atoms with Gasteiger partial charge in [0, 0.05) is 25.9 Å². The number of rotatable bonds is 20. The minimum Gasteiger partial charge on any atom is -0.469 e. The highest BCUT2D eigenvalue weighted by Crippen LogP contribution is 2.44. The molecule has 0 amide bonds. The van der Waals surface area contributed by atoms with Gasteiger partial charge in [0.1, 0.15) is 6.10 Å². The van der Waals surface area contributed by atoms with E-state index in [-0.39, 0.29) is 34.1 Å². The molecule has 394 valence electrons. The zero-order valence-corrected chi connectivity index (χ0v) is 49.0. The van der Waals surface area contributed by atoms with E-state index in [1.54, 1.807) is 0 Å². The molecule has 0 aliphatic carbocycles. The monoisotopic (exact) mass is 1060 g/mol. The van der Waals surface area contributed by atoms with Crippen molar-refractivity contribution < 1.29 is 32.7 Å². The molecule has 6 aromatic rings. The minimum absolute atomic E-state index is 0.0769. The van der Waals surface area contributed by atoms with Gasteiger partial charge < -0.3 is 27.9 Å². The highest BCUT2D eigenvalue weighted by Gasteiger charge is 2.57. The first-order valence-electron chi connectivity index (χ1n) is 26.7. The number of hydrogen-bond acceptors (Lipinski definition) is 7. The van der Waals surface area contributed by atoms with E-state index in [1.165, 1.54) is 17.5 Å². The number of methoxy groups -OCH3 is 1. The first kappa shape index (κ1) is 57.2. The van der Waals surface area contributed by atoms with Crippen LogP contribution in [0.2, 0.25) is 15.1 Å². The third-order valence-electron chi connectivity index (χ3n) is 14.9. The van der Waals surface area contributed by atoms with Gasteiger partial charge in [0.25, 0.3) is 25.0 Å². The number of hydrogen-bond donors (Lipinski definition) is 1. The Bertz CT molecular complexity index is 2660. The lowest BCUT2D eigenvalue weighted by Crippen LogP contribution is -2.68. The summed E-state index contributed by atoms with van der Waals surface area (Å²) in [7, 11) is -7.97. The van der Waals surface area contributed by atoms with E-state index < -0.39 is 55.5 Å². The number of esters is 1. The predicted molar refractivity (Wildman–Crippen MR) is 315 cm³/mol. The van der Waals surface area contributed by atoms with Crippen LogP contribution in [0.3, 0.4) is 0 Å². The number of ether oxygens (including phenoxy) is 2. The van der Waals surface area contributed by atoms with Crippen molar-refractivity contribution in [2.75, 3.05) is 13.7 Å². The van der Waals surface area contributed by atoms with Crippen molar-refractivity contribution in [2.45, 2.75) is 140 Å². The average Bonchev–Trinajstić information content (AvgIpc) is 3.81. The van der Waals surface area contributed by atoms with Crippen molar-refractivity contribution in [3.05, 3.63) is 194 Å². The smallest absolute Gasteiger partial charge is 0.306 e. The first-order valence-corrected chi connectivity index (χ1v) is 32.5. The standard InChI is InChI=1S/C65H80O7Si3/c1-63(2,3)73(52-33-19-12-20-34-52,53-35-21-13-22-36-53)70-51(32-18-11-31-45-62(67)68-10)46-47-58-61(72-75(65(7,8)9,56-41-27-16-28-42-56)57-43-29-17-30-44-57)50-60(69-58)59(48-49-66)71-74(64(4,5)6,54-37-23-14-24-38-54)55-39-25-15-26-40-55/h12-17,19-30,33-44,46-47,51,58-61,66H,31-32,45,48-50H2,1-10H3/b47-46+/t51-,58-,59+,60-,61+/m1/s1. The SMILES string of the molecule is COC(=O)CCC#CC[C@H](/C=C/[C@H]1O[C@@H]([C@H](CCO)O[Si](c2ccccc2)(c2ccccc2)C(C)(C)C)C[C@@H]1O[Si](c1ccccc1)(c1ccccc1)C(C)(C)C)O[Si](c1ccccc1)(c1ccccc1)C(C)(C)C. The third kappa shape index (κ3) is 12.7. The predicted octanol–water partition coefficient (Wildman–Crippen LogP) is 10.3. The van der Waals surface area contributed by atoms with Crippen LogP contribution in [0.5, 0.6) is 0 Å². The molecule has 6 aromatic carbocycles. The van der Waals surface area contributed by atoms with E-state index in [0.29, 0.717) is 25.7 Å². The van der Waals surface area contributed by atoms with E-state index in [9.17, 15) is 9.90 Å². The highest BCUT2D eigenvalue weighted by atomic mass is 28.4. The largest absolute Gasteiger partial charge is 0.469 e. The summed E-state index contributed by atoms with van der Waals surface area (Å²) in [5.74, 6) is 6.40. The zero-order valence-electron chi connectivity index (χ0n) is 46.0. The van der Waals surface area contributed by atoms with Crippen LogP contribution < -0.4 is 31.1 Å². The molecule has 1 saturated heterocycles. The van der Waals surface area contributed by atoms with E-state index in [4.69, 9.17) is 22.8 Å². The van der Waals surface area contributed by atoms with E-state index in [0.717, 1.165) is 20.7 Å². The molecule has 0 bridgehead atoms. The minimum atomic E-state index is -3.15. The molecule has 7 nitrogen and oxygen atoms in total. The van der Waals surface area contributed by atoms with Crippen LogP contribution in [0.4, 0.5) is 0 Å². The maximum Gasteiger partial charge on any atom is 0.306 e. The Kier molecular flexibility index (Phi) is 19.2. The summed E-state index contributed by atoms with van der Waals surface area (Å²) in [6.07, 6.45) is 3.79. The number of aliphatic hydroxyl groups is 1. The summed E-state index contributed by atoms with van der Waals surface area (Å²) in [4.78, 5) is 12.2. The molecule has 0 spiro atoms. The molecule has 5 atom stereocenters. The molecule has 0 radical (unpaired) electrons. The van der Waals surface area contributed by atoms with Gasteiger partial charge in [-0.1, -0.05) is 256 Å². The molecule has 10 heteroatoms. The molecule has 1 heterocycles. The second-order valence-electron chi connectivity index (χ2n) is 22.9. The van der Waals surface area contributed by atoms with Crippen LogP contribution in [-0.2, 0) is 27.5 Å². The van der Waals surface area contributed by atoms with Crippen molar-refractivity contribution in [3.8, 4) is 11.8 Å². The molecule has 1 N–H and O–H groups in total. The Morgan fingerprint density at radius 1 is 0.587 bits per heavy atom. The molecule has 1 aliphatic rings. The molecule has 7 rings (SSSR count). The Labute approximate surface area is 452 Å². The van der Waals surface area contributed by atoms with E-state index >= 15 is 0 Å². The van der Waals surface area contributed by atoms with Crippen LogP contribution in [0.15, 0.2) is 194 Å². The average molecular weight is 1060 g/mol. The summed E-state index contributed by atoms with van der Waals surface area (Å²) in [5, 5.41) is 17.1. The van der Waals surface area contributed by atoms with E-state index in [1.807, 2.05) is 0 Å². The Morgan fingerprint density at radius 2 is 0.960 bits per heavy atom. The Balaban J connectivity index is 1.40. The first-order chi connectivity index (χ1) is 35.9. The number of aliphatic hydroxyl groups excluding tert-OH is 1. The molecular weight excluding hydrogens is 977 g/mol. The van der Waals surface area contributed by atoms with E-state index in [2.05, 4.69) is 268 Å². The lowest BCUT2D eigenvalue weighted by Gasteiger charge is -2.46. The fourth-order valence-corrected chi connectivity index (χ4v) is 25.4. The lowest BCUT2D eigenvalue weighted by atomic mass is 10.0. The maximum atomic E-state index is 12.2. The third-order valence-corrected chi connectivity index (χ3v) is 30.0. The molecule has 1 aliphatic heterocycles. The second kappa shape index (κ2) is 25.1. The summed E-state index contributed by atoms with van der Waals surface area (Å²) in [6.45, 7) is 20.6. The fraction of sp³-hybridized carbons (Fsp3) is 0.369. The quantitative estimate of drug-likeness (QED) is 0.0353. The topological polar surface area (TPSA) is 83.5 Å². The maximum absolute atomic E-state index is 12.2. The van der Waals surface area contributed by atoms with Gasteiger partial charge in [-0.15, -0.1) is 11.8 Å². The van der Waals surface area contributed by atoms with Crippen LogP contribution in [0.1, 0.15) is 94.4 Å². The summed E-state index contributed by atoms with van der Waals surface area (Å²) in [5.41, 5.74) is 0. The molecule has 0 unspecified atom stereocenters. The van der Waals surface area contributed by atoms with Gasteiger partial charge >= 0.3 is 5.97 Å². The van der Waals surface area contributed by atoms with Gasteiger partial charge in [-0.25, -0.2) is 0 Å². The second-order valence-corrected chi connectivity index (χ2v) is 35.6. The van der Waals surface area contributed by atoms with Gasteiger partial charge in [-0.3, -0.25) is 4.79 Å². The lowest BCUT2D eigenvalue weighted by molar-refractivity contribution is -0.140. The zero-order chi connectivity index (χ0) is 53.7. The Hall–Kier alpha value is -5.46. The summed E-state index contributed by atoms with van der Waals surface area (Å²) in [6, 6.07) is 64.3. The molecule has 0 aromatic heterocycles. The van der Waals surface area contributed by atoms with Gasteiger partial charge in [0.15, 0.2) is 0 Å². The van der Waals surface area contributed by atoms with Crippen molar-refractivity contribution >= 4 is 62.0 Å². The summed E-state index contributed by atoms with van der Waals surface area (Å²) >= 11 is 0. The van der Waals surface area contributed by atoms with Gasteiger partial charge in [-0.2, -0.15) is 0 Å². The van der Waals surface area contributed by atoms with Crippen LogP contribution in [0, 0.1) is 11.8 Å². The number of carbonyl (C=O) groups excluding carboxylic acids is 1. The molecule has 75 heavy (non-hydrogen) atoms. The van der Waals surface area contributed by atoms with Crippen molar-refractivity contribution in [3.63, 3.8) is 0 Å². The van der Waals surface area contributed by atoms with Crippen LogP contribution in [0.25, 0.3) is 0 Å². The van der Waals surface area contributed by atoms with Crippen molar-refractivity contribution in [2.24, 2.45) is 0 Å². The highest BCUT2D eigenvalue weighted by molar-refractivity contribution is 7.00. The van der Waals surface area contributed by atoms with Gasteiger partial charge in [-0.05, 0) is 52.7 Å². The van der Waals surface area contributed by atoms with Crippen LogP contribution >= 0.6 is 0 Å². The van der Waals surface area contributed by atoms with Gasteiger partial charge in [0.2, 0.25) is 0 Å². The molecule has 0 saturated carbocycles. The fourth-order valence-electron chi connectivity index (χ4n) is 11.3. The van der Waals surface area contributed by atoms with Gasteiger partial charge in [0.05, 0.1) is 37.9 Å². The molecule has 1 fully saturated rings. The molecular formula is C65H80O7Si3.